The van der Waals surface area contributed by atoms with Gasteiger partial charge >= 0.3 is 61.2 Å². The van der Waals surface area contributed by atoms with E-state index in [4.69, 9.17) is 0 Å². The number of hydrogen-bond acceptors (Lipinski definition) is 0. The van der Waals surface area contributed by atoms with E-state index in [0.717, 1.165) is 0 Å². The molecule has 1 atom stereocenters. The van der Waals surface area contributed by atoms with E-state index in [1.807, 2.05) is 0 Å². The van der Waals surface area contributed by atoms with Crippen molar-refractivity contribution in [1.82, 2.24) is 0 Å². The maximum absolute atomic E-state index is 2.35. The molecule has 0 spiro atoms. The Balaban J connectivity index is -0.000000000500. The minimum absolute atomic E-state index is 0. The van der Waals surface area contributed by atoms with Crippen molar-refractivity contribution in [2.45, 2.75) is 0 Å². The predicted octanol–water partition coefficient (Wildman–Crippen LogP) is -0.484. The van der Waals surface area contributed by atoms with Gasteiger partial charge in [-0.15, -0.1) is 0 Å². The van der Waals surface area contributed by atoms with Gasteiger partial charge in [0, 0.05) is 36.5 Å². The van der Waals surface area contributed by atoms with Gasteiger partial charge in [-0.05, 0) is 0 Å². The molecule has 0 heterocycles. The van der Waals surface area contributed by atoms with Gasteiger partial charge in [0.2, 0.25) is 0 Å². The summed E-state index contributed by atoms with van der Waals surface area (Å²) >= 11 is 2.23. The van der Waals surface area contributed by atoms with Gasteiger partial charge in [0.25, 0.3) is 0 Å². The molecule has 0 nitrogen and oxygen atoms in total. The summed E-state index contributed by atoms with van der Waals surface area (Å²) in [5.74, 6) is 0. The van der Waals surface area contributed by atoms with Gasteiger partial charge in [-0.25, -0.2) is 0 Å². The summed E-state index contributed by atoms with van der Waals surface area (Å²) in [6.07, 6.45) is 0. The third-order valence-electron chi connectivity index (χ3n) is 0. The summed E-state index contributed by atoms with van der Waals surface area (Å²) in [4.78, 5) is 0. The van der Waals surface area contributed by atoms with Gasteiger partial charge in [-0.2, -0.15) is 0 Å². The van der Waals surface area contributed by atoms with E-state index < -0.39 is 0 Å². The molecule has 0 aromatic heterocycles. The molecule has 0 aliphatic carbocycles. The van der Waals surface area contributed by atoms with Crippen LogP contribution in [0.15, 0.2) is 0 Å². The molecule has 0 saturated carbocycles. The summed E-state index contributed by atoms with van der Waals surface area (Å²) in [6.45, 7) is 0. The SMILES string of the molecule is P[SeH].[Ca+2].[Fe].[H-].[H-].[Zn]. The van der Waals surface area contributed by atoms with Gasteiger partial charge in [-0.1, -0.05) is 0 Å². The molecule has 0 amide bonds. The van der Waals surface area contributed by atoms with Gasteiger partial charge < -0.3 is 2.85 Å². The van der Waals surface area contributed by atoms with Gasteiger partial charge in [0.15, 0.2) is 0 Å². The second kappa shape index (κ2) is 26.4. The molecule has 0 aliphatic heterocycles. The van der Waals surface area contributed by atoms with Crippen molar-refractivity contribution < 1.29 is 39.4 Å². The summed E-state index contributed by atoms with van der Waals surface area (Å²) in [7, 11) is 2.35. The molecule has 5 heavy (non-hydrogen) atoms. The first-order valence-corrected chi connectivity index (χ1v) is 4.02. The smallest absolute Gasteiger partial charge is 1.00 e. The van der Waals surface area contributed by atoms with Crippen molar-refractivity contribution in [3.05, 3.63) is 0 Å². The Morgan fingerprint density at radius 3 is 1.40 bits per heavy atom. The van der Waals surface area contributed by atoms with E-state index in [1.165, 1.54) is 0 Å². The maximum atomic E-state index is 2.35. The predicted molar refractivity (Wildman–Crippen MR) is 24.8 cm³/mol. The van der Waals surface area contributed by atoms with Crippen LogP contribution in [0, 0.1) is 0 Å². The molecule has 5 heteroatoms. The molecular formula is H5CaFePSeZn. The summed E-state index contributed by atoms with van der Waals surface area (Å²) in [5.41, 5.74) is 0. The van der Waals surface area contributed by atoms with E-state index in [0.29, 0.717) is 0 Å². The molecular weight excluding hydrogens is 271 g/mol. The van der Waals surface area contributed by atoms with E-state index in [2.05, 4.69) is 23.5 Å². The summed E-state index contributed by atoms with van der Waals surface area (Å²) in [6, 6.07) is 0. The topological polar surface area (TPSA) is 0 Å². The average molecular weight is 276 g/mol. The molecule has 0 fully saturated rings. The second-order valence-corrected chi connectivity index (χ2v) is 0. The van der Waals surface area contributed by atoms with Crippen LogP contribution in [0.5, 0.6) is 0 Å². The molecule has 0 aliphatic rings. The quantitative estimate of drug-likeness (QED) is 0.414. The first kappa shape index (κ1) is 23.8. The Hall–Kier alpha value is 3.35. The van der Waals surface area contributed by atoms with Crippen LogP contribution in [0.2, 0.25) is 0 Å². The van der Waals surface area contributed by atoms with Crippen LogP contribution in [0.1, 0.15) is 2.85 Å². The maximum Gasteiger partial charge on any atom is 2.00 e. The molecule has 0 rings (SSSR count). The standard InChI is InChI=1S/Ca.Fe.H3PSe.Zn.2H/c;;1-2;;;/h;;2H,1H2;;;/q+2;;;;2*-1. The van der Waals surface area contributed by atoms with Crippen LogP contribution in [0.25, 0.3) is 0 Å². The molecule has 0 aromatic rings. The molecule has 0 N–H and O–H groups in total. The average Bonchev–Trinajstić information content (AvgIpc) is 1.00. The second-order valence-electron chi connectivity index (χ2n) is 0. The molecule has 0 saturated heterocycles. The van der Waals surface area contributed by atoms with Crippen molar-refractivity contribution in [2.75, 3.05) is 0 Å². The van der Waals surface area contributed by atoms with Crippen LogP contribution in [0.3, 0.4) is 0 Å². The monoisotopic (exact) mass is 276 g/mol. The first-order valence-electron chi connectivity index (χ1n) is 0.258. The fraction of sp³-hybridized carbons (Fsp3) is 0. The zero-order valence-corrected chi connectivity index (χ0v) is 12.1. The van der Waals surface area contributed by atoms with Crippen molar-refractivity contribution in [3.63, 3.8) is 0 Å². The van der Waals surface area contributed by atoms with E-state index in [9.17, 15) is 0 Å². The van der Waals surface area contributed by atoms with Gasteiger partial charge in [0.05, 0.1) is 0 Å². The van der Waals surface area contributed by atoms with E-state index in [-0.39, 0.29) is 77.1 Å². The van der Waals surface area contributed by atoms with Crippen molar-refractivity contribution in [3.8, 4) is 0 Å². The first-order chi connectivity index (χ1) is 1.00. The van der Waals surface area contributed by atoms with E-state index in [1.54, 1.807) is 0 Å². The summed E-state index contributed by atoms with van der Waals surface area (Å²) in [5, 5.41) is 0. The number of rotatable bonds is 0. The van der Waals surface area contributed by atoms with Crippen LogP contribution in [-0.4, -0.2) is 53.3 Å². The molecule has 0 radical (unpaired) electrons. The number of hydrogen-bond donors (Lipinski definition) is 0. The van der Waals surface area contributed by atoms with Gasteiger partial charge in [0.1, 0.15) is 0 Å². The van der Waals surface area contributed by atoms with Gasteiger partial charge in [-0.3, -0.25) is 0 Å². The Bertz CT molecular complexity index is 17.7. The van der Waals surface area contributed by atoms with E-state index >= 15 is 0 Å². The van der Waals surface area contributed by atoms with Crippen molar-refractivity contribution >= 4 is 61.2 Å². The minimum Gasteiger partial charge on any atom is -1.00 e. The fourth-order valence-corrected chi connectivity index (χ4v) is 0. The minimum atomic E-state index is 0. The molecule has 28 valence electrons. The Kier molecular flexibility index (Phi) is 126. The van der Waals surface area contributed by atoms with Crippen LogP contribution >= 0.6 is 7.93 Å². The van der Waals surface area contributed by atoms with Crippen molar-refractivity contribution in [1.29, 1.82) is 0 Å². The van der Waals surface area contributed by atoms with Crippen molar-refractivity contribution in [2.24, 2.45) is 0 Å². The Morgan fingerprint density at radius 2 is 1.40 bits per heavy atom. The van der Waals surface area contributed by atoms with Crippen LogP contribution < -0.4 is 0 Å². The van der Waals surface area contributed by atoms with Crippen LogP contribution in [-0.2, 0) is 36.5 Å². The largest absolute Gasteiger partial charge is 2.00 e. The normalized spacial score (nSPS) is 1.20. The third kappa shape index (κ3) is 18.7. The zero-order chi connectivity index (χ0) is 2.00. The Labute approximate surface area is 98.8 Å². The third-order valence-corrected chi connectivity index (χ3v) is 0. The Morgan fingerprint density at radius 1 is 1.40 bits per heavy atom. The summed E-state index contributed by atoms with van der Waals surface area (Å²) < 4.78 is 0. The molecule has 0 aromatic carbocycles. The van der Waals surface area contributed by atoms with Crippen LogP contribution in [0.4, 0.5) is 0 Å². The zero-order valence-electron chi connectivity index (χ0n) is 4.79. The molecule has 1 unspecified atom stereocenters. The molecule has 0 bridgehead atoms. The fourth-order valence-electron chi connectivity index (χ4n) is 0.